The van der Waals surface area contributed by atoms with Crippen LogP contribution in [0.1, 0.15) is 54.6 Å². The van der Waals surface area contributed by atoms with Gasteiger partial charge in [-0.1, -0.05) is 6.07 Å². The molecule has 0 N–H and O–H groups in total. The molecule has 2 saturated heterocycles. The quantitative estimate of drug-likeness (QED) is 0.847. The highest BCUT2D eigenvalue weighted by Crippen LogP contribution is 2.26. The van der Waals surface area contributed by atoms with Gasteiger partial charge in [-0.05, 0) is 69.2 Å². The van der Waals surface area contributed by atoms with E-state index in [2.05, 4.69) is 35.8 Å². The summed E-state index contributed by atoms with van der Waals surface area (Å²) < 4.78 is 5.84. The number of hydrogen-bond donors (Lipinski definition) is 0. The summed E-state index contributed by atoms with van der Waals surface area (Å²) in [6.07, 6.45) is 6.34. The van der Waals surface area contributed by atoms with E-state index in [0.29, 0.717) is 6.04 Å². The molecule has 0 saturated carbocycles. The molecule has 0 radical (unpaired) electrons. The first-order chi connectivity index (χ1) is 12.1. The number of nitrogens with zero attached hydrogens (tertiary/aromatic N) is 2. The van der Waals surface area contributed by atoms with Gasteiger partial charge in [0.1, 0.15) is 0 Å². The van der Waals surface area contributed by atoms with Gasteiger partial charge in [0.15, 0.2) is 0 Å². The van der Waals surface area contributed by atoms with Crippen LogP contribution in [0.3, 0.4) is 0 Å². The summed E-state index contributed by atoms with van der Waals surface area (Å²) >= 11 is 0. The molecule has 1 amide bonds. The molecule has 2 aliphatic heterocycles. The van der Waals surface area contributed by atoms with E-state index >= 15 is 0 Å². The lowest BCUT2D eigenvalue weighted by atomic mass is 10.0. The smallest absolute Gasteiger partial charge is 0.254 e. The summed E-state index contributed by atoms with van der Waals surface area (Å²) in [4.78, 5) is 17.7. The van der Waals surface area contributed by atoms with Crippen LogP contribution in [0.4, 0.5) is 0 Å². The van der Waals surface area contributed by atoms with Gasteiger partial charge in [0.25, 0.3) is 5.91 Å². The topological polar surface area (TPSA) is 32.8 Å². The highest BCUT2D eigenvalue weighted by Gasteiger charge is 2.33. The molecule has 1 aromatic carbocycles. The van der Waals surface area contributed by atoms with Crippen LogP contribution < -0.4 is 0 Å². The SMILES string of the molecule is CC1CN(CC2CCCN2C(=O)c2ccc3c(c2)CCC3)CC(C)O1. The minimum atomic E-state index is 0.228. The van der Waals surface area contributed by atoms with Crippen molar-refractivity contribution in [2.75, 3.05) is 26.2 Å². The van der Waals surface area contributed by atoms with E-state index in [-0.39, 0.29) is 18.1 Å². The normalized spacial score (nSPS) is 29.8. The number of morpholine rings is 1. The first-order valence-corrected chi connectivity index (χ1v) is 9.91. The van der Waals surface area contributed by atoms with E-state index in [4.69, 9.17) is 4.74 Å². The number of carbonyl (C=O) groups is 1. The van der Waals surface area contributed by atoms with Gasteiger partial charge in [-0.25, -0.2) is 0 Å². The number of benzene rings is 1. The molecule has 136 valence electrons. The lowest BCUT2D eigenvalue weighted by Crippen LogP contribution is -2.50. The number of hydrogen-bond acceptors (Lipinski definition) is 3. The second-order valence-corrected chi connectivity index (χ2v) is 8.11. The second kappa shape index (κ2) is 7.08. The average Bonchev–Trinajstić information content (AvgIpc) is 3.21. The third kappa shape index (κ3) is 3.61. The minimum absolute atomic E-state index is 0.228. The predicted octanol–water partition coefficient (Wildman–Crippen LogP) is 2.89. The van der Waals surface area contributed by atoms with Crippen molar-refractivity contribution >= 4 is 5.91 Å². The molecule has 2 heterocycles. The van der Waals surface area contributed by atoms with Crippen LogP contribution in [0.2, 0.25) is 0 Å². The number of aryl methyl sites for hydroxylation is 2. The van der Waals surface area contributed by atoms with Crippen LogP contribution in [0.5, 0.6) is 0 Å². The molecular formula is C21H30N2O2. The fraction of sp³-hybridized carbons (Fsp3) is 0.667. The summed E-state index contributed by atoms with van der Waals surface area (Å²) in [5.74, 6) is 0.228. The molecule has 0 bridgehead atoms. The van der Waals surface area contributed by atoms with Crippen molar-refractivity contribution in [3.05, 3.63) is 34.9 Å². The number of amides is 1. The molecule has 3 unspecified atom stereocenters. The van der Waals surface area contributed by atoms with Gasteiger partial charge in [-0.15, -0.1) is 0 Å². The van der Waals surface area contributed by atoms with Crippen molar-refractivity contribution in [3.8, 4) is 0 Å². The minimum Gasteiger partial charge on any atom is -0.373 e. The van der Waals surface area contributed by atoms with Crippen molar-refractivity contribution in [2.24, 2.45) is 0 Å². The largest absolute Gasteiger partial charge is 0.373 e. The van der Waals surface area contributed by atoms with Gasteiger partial charge in [0.2, 0.25) is 0 Å². The standard InChI is InChI=1S/C21H30N2O2/c1-15-12-22(13-16(2)25-15)14-20-7-4-10-23(20)21(24)19-9-8-17-5-3-6-18(17)11-19/h8-9,11,15-16,20H,3-7,10,12-14H2,1-2H3. The lowest BCUT2D eigenvalue weighted by Gasteiger charge is -2.38. The monoisotopic (exact) mass is 342 g/mol. The Morgan fingerprint density at radius 1 is 1.12 bits per heavy atom. The molecule has 3 aliphatic rings. The van der Waals surface area contributed by atoms with Crippen LogP contribution in [-0.4, -0.2) is 60.1 Å². The number of fused-ring (bicyclic) bond motifs is 1. The zero-order valence-electron chi connectivity index (χ0n) is 15.5. The van der Waals surface area contributed by atoms with E-state index in [9.17, 15) is 4.79 Å². The zero-order valence-corrected chi connectivity index (χ0v) is 15.5. The summed E-state index contributed by atoms with van der Waals surface area (Å²) in [5.41, 5.74) is 3.71. The van der Waals surface area contributed by atoms with E-state index in [1.807, 2.05) is 6.07 Å². The average molecular weight is 342 g/mol. The summed E-state index contributed by atoms with van der Waals surface area (Å²) in [6, 6.07) is 6.71. The summed E-state index contributed by atoms with van der Waals surface area (Å²) in [5, 5.41) is 0. The first kappa shape index (κ1) is 17.0. The van der Waals surface area contributed by atoms with Crippen LogP contribution in [-0.2, 0) is 17.6 Å². The first-order valence-electron chi connectivity index (χ1n) is 9.91. The highest BCUT2D eigenvalue weighted by atomic mass is 16.5. The number of likely N-dealkylation sites (tertiary alicyclic amines) is 1. The number of rotatable bonds is 3. The van der Waals surface area contributed by atoms with Crippen LogP contribution >= 0.6 is 0 Å². The van der Waals surface area contributed by atoms with Gasteiger partial charge < -0.3 is 9.64 Å². The molecule has 4 heteroatoms. The Kier molecular flexibility index (Phi) is 4.83. The molecule has 25 heavy (non-hydrogen) atoms. The Morgan fingerprint density at radius 3 is 2.68 bits per heavy atom. The van der Waals surface area contributed by atoms with E-state index in [1.165, 1.54) is 24.0 Å². The Morgan fingerprint density at radius 2 is 1.88 bits per heavy atom. The van der Waals surface area contributed by atoms with Crippen LogP contribution in [0.25, 0.3) is 0 Å². The molecule has 1 aromatic rings. The van der Waals surface area contributed by atoms with Gasteiger partial charge in [0.05, 0.1) is 12.2 Å². The molecule has 1 aliphatic carbocycles. The van der Waals surface area contributed by atoms with Gasteiger partial charge in [-0.3, -0.25) is 9.69 Å². The number of ether oxygens (including phenoxy) is 1. The molecule has 2 fully saturated rings. The molecule has 4 rings (SSSR count). The fourth-order valence-corrected chi connectivity index (χ4v) is 4.90. The van der Waals surface area contributed by atoms with Crippen LogP contribution in [0.15, 0.2) is 18.2 Å². The maximum absolute atomic E-state index is 13.1. The third-order valence-electron chi connectivity index (χ3n) is 5.95. The van der Waals surface area contributed by atoms with Crippen molar-refractivity contribution in [3.63, 3.8) is 0 Å². The Labute approximate surface area is 151 Å². The van der Waals surface area contributed by atoms with E-state index in [0.717, 1.165) is 51.0 Å². The highest BCUT2D eigenvalue weighted by molar-refractivity contribution is 5.95. The Bertz CT molecular complexity index is 635. The maximum atomic E-state index is 13.1. The van der Waals surface area contributed by atoms with Gasteiger partial charge in [-0.2, -0.15) is 0 Å². The third-order valence-corrected chi connectivity index (χ3v) is 5.95. The van der Waals surface area contributed by atoms with E-state index in [1.54, 1.807) is 0 Å². The van der Waals surface area contributed by atoms with E-state index < -0.39 is 0 Å². The van der Waals surface area contributed by atoms with Crippen LogP contribution in [0, 0.1) is 0 Å². The number of carbonyl (C=O) groups excluding carboxylic acids is 1. The molecule has 0 aromatic heterocycles. The Balaban J connectivity index is 1.45. The zero-order chi connectivity index (χ0) is 17.4. The lowest BCUT2D eigenvalue weighted by molar-refractivity contribution is -0.0715. The maximum Gasteiger partial charge on any atom is 0.254 e. The second-order valence-electron chi connectivity index (χ2n) is 8.11. The van der Waals surface area contributed by atoms with Gasteiger partial charge in [0, 0.05) is 37.8 Å². The molecule has 4 nitrogen and oxygen atoms in total. The van der Waals surface area contributed by atoms with Crippen molar-refractivity contribution in [1.29, 1.82) is 0 Å². The molecule has 3 atom stereocenters. The predicted molar refractivity (Wildman–Crippen MR) is 99.0 cm³/mol. The summed E-state index contributed by atoms with van der Waals surface area (Å²) in [6.45, 7) is 8.11. The fourth-order valence-electron chi connectivity index (χ4n) is 4.90. The molecule has 0 spiro atoms. The van der Waals surface area contributed by atoms with Crippen molar-refractivity contribution in [1.82, 2.24) is 9.80 Å². The summed E-state index contributed by atoms with van der Waals surface area (Å²) in [7, 11) is 0. The Hall–Kier alpha value is -1.39. The van der Waals surface area contributed by atoms with Gasteiger partial charge >= 0.3 is 0 Å². The van der Waals surface area contributed by atoms with Crippen molar-refractivity contribution in [2.45, 2.75) is 64.2 Å². The van der Waals surface area contributed by atoms with Crippen molar-refractivity contribution < 1.29 is 9.53 Å². The molecular weight excluding hydrogens is 312 g/mol.